The van der Waals surface area contributed by atoms with Crippen molar-refractivity contribution in [3.8, 4) is 0 Å². The van der Waals surface area contributed by atoms with Gasteiger partial charge in [-0.1, -0.05) is 11.6 Å². The van der Waals surface area contributed by atoms with Crippen LogP contribution in [0.3, 0.4) is 0 Å². The number of fused-ring (bicyclic) bond motifs is 1. The summed E-state index contributed by atoms with van der Waals surface area (Å²) >= 11 is 6.02. The SMILES string of the molecule is Cc1[nH]c2ccc(Cl)cc2c1CCNC(=O)c1ccc(F)c(F)c1F. The van der Waals surface area contributed by atoms with E-state index in [1.807, 2.05) is 19.1 Å². The molecule has 130 valence electrons. The minimum absolute atomic E-state index is 0.206. The highest BCUT2D eigenvalue weighted by molar-refractivity contribution is 6.31. The van der Waals surface area contributed by atoms with E-state index in [2.05, 4.69) is 10.3 Å². The van der Waals surface area contributed by atoms with Gasteiger partial charge in [0.15, 0.2) is 17.5 Å². The van der Waals surface area contributed by atoms with E-state index in [4.69, 9.17) is 11.6 Å². The molecule has 0 aliphatic carbocycles. The highest BCUT2D eigenvalue weighted by Gasteiger charge is 2.18. The van der Waals surface area contributed by atoms with E-state index < -0.39 is 28.9 Å². The molecule has 1 aromatic heterocycles. The highest BCUT2D eigenvalue weighted by atomic mass is 35.5. The molecule has 3 nitrogen and oxygen atoms in total. The van der Waals surface area contributed by atoms with Gasteiger partial charge < -0.3 is 10.3 Å². The molecule has 0 atom stereocenters. The highest BCUT2D eigenvalue weighted by Crippen LogP contribution is 2.25. The van der Waals surface area contributed by atoms with Gasteiger partial charge in [-0.2, -0.15) is 0 Å². The fourth-order valence-corrected chi connectivity index (χ4v) is 2.95. The van der Waals surface area contributed by atoms with Crippen LogP contribution >= 0.6 is 11.6 Å². The van der Waals surface area contributed by atoms with Crippen molar-refractivity contribution in [3.63, 3.8) is 0 Å². The number of hydrogen-bond donors (Lipinski definition) is 2. The van der Waals surface area contributed by atoms with Crippen LogP contribution in [0.4, 0.5) is 13.2 Å². The Morgan fingerprint density at radius 1 is 1.16 bits per heavy atom. The monoisotopic (exact) mass is 366 g/mol. The van der Waals surface area contributed by atoms with Crippen molar-refractivity contribution in [3.05, 3.63) is 69.6 Å². The molecule has 3 rings (SSSR count). The molecule has 0 fully saturated rings. The Morgan fingerprint density at radius 2 is 1.92 bits per heavy atom. The molecule has 1 heterocycles. The number of carbonyl (C=O) groups excluding carboxylic acids is 1. The molecule has 0 saturated carbocycles. The van der Waals surface area contributed by atoms with Crippen LogP contribution < -0.4 is 5.32 Å². The number of carbonyl (C=O) groups is 1. The average molecular weight is 367 g/mol. The van der Waals surface area contributed by atoms with Crippen molar-refractivity contribution in [2.75, 3.05) is 6.54 Å². The zero-order chi connectivity index (χ0) is 18.1. The first-order chi connectivity index (χ1) is 11.9. The maximum absolute atomic E-state index is 13.6. The maximum atomic E-state index is 13.6. The summed E-state index contributed by atoms with van der Waals surface area (Å²) in [6, 6.07) is 7.10. The lowest BCUT2D eigenvalue weighted by atomic mass is 10.1. The summed E-state index contributed by atoms with van der Waals surface area (Å²) in [5.41, 5.74) is 2.31. The Labute approximate surface area is 146 Å². The van der Waals surface area contributed by atoms with E-state index in [1.54, 1.807) is 6.07 Å². The molecule has 0 aliphatic rings. The van der Waals surface area contributed by atoms with Gasteiger partial charge in [0.05, 0.1) is 5.56 Å². The van der Waals surface area contributed by atoms with Crippen molar-refractivity contribution < 1.29 is 18.0 Å². The second kappa shape index (κ2) is 6.80. The lowest BCUT2D eigenvalue weighted by molar-refractivity contribution is 0.0949. The van der Waals surface area contributed by atoms with E-state index in [0.29, 0.717) is 11.4 Å². The number of aromatic nitrogens is 1. The molecule has 0 saturated heterocycles. The number of rotatable bonds is 4. The number of aryl methyl sites for hydroxylation is 1. The topological polar surface area (TPSA) is 44.9 Å². The van der Waals surface area contributed by atoms with Gasteiger partial charge in [-0.25, -0.2) is 13.2 Å². The third kappa shape index (κ3) is 3.35. The van der Waals surface area contributed by atoms with Crippen molar-refractivity contribution >= 4 is 28.4 Å². The van der Waals surface area contributed by atoms with Crippen LogP contribution in [0.2, 0.25) is 5.02 Å². The third-order valence-electron chi connectivity index (χ3n) is 4.02. The van der Waals surface area contributed by atoms with Gasteiger partial charge in [-0.05, 0) is 49.2 Å². The number of aromatic amines is 1. The molecule has 0 aliphatic heterocycles. The quantitative estimate of drug-likeness (QED) is 0.655. The Hall–Kier alpha value is -2.47. The second-order valence-electron chi connectivity index (χ2n) is 5.65. The Kier molecular flexibility index (Phi) is 4.72. The normalized spacial score (nSPS) is 11.1. The van der Waals surface area contributed by atoms with Crippen LogP contribution in [0.1, 0.15) is 21.6 Å². The molecule has 25 heavy (non-hydrogen) atoms. The molecule has 2 aromatic carbocycles. The predicted octanol–water partition coefficient (Wildman–Crippen LogP) is 4.52. The summed E-state index contributed by atoms with van der Waals surface area (Å²) in [7, 11) is 0. The van der Waals surface area contributed by atoms with Gasteiger partial charge in [0.1, 0.15) is 0 Å². The van der Waals surface area contributed by atoms with Crippen molar-refractivity contribution in [1.29, 1.82) is 0 Å². The number of nitrogens with one attached hydrogen (secondary N) is 2. The van der Waals surface area contributed by atoms with Crippen LogP contribution in [0.25, 0.3) is 10.9 Å². The van der Waals surface area contributed by atoms with Gasteiger partial charge >= 0.3 is 0 Å². The Morgan fingerprint density at radius 3 is 2.68 bits per heavy atom. The molecule has 3 aromatic rings. The van der Waals surface area contributed by atoms with Gasteiger partial charge in [-0.15, -0.1) is 0 Å². The number of amides is 1. The lowest BCUT2D eigenvalue weighted by Crippen LogP contribution is -2.27. The van der Waals surface area contributed by atoms with Gasteiger partial charge in [0, 0.05) is 28.2 Å². The van der Waals surface area contributed by atoms with Gasteiger partial charge in [-0.3, -0.25) is 4.79 Å². The maximum Gasteiger partial charge on any atom is 0.254 e. The summed E-state index contributed by atoms with van der Waals surface area (Å²) in [6.07, 6.45) is 0.475. The van der Waals surface area contributed by atoms with E-state index in [1.165, 1.54) is 0 Å². The summed E-state index contributed by atoms with van der Waals surface area (Å²) in [4.78, 5) is 15.2. The summed E-state index contributed by atoms with van der Waals surface area (Å²) in [5, 5.41) is 4.06. The summed E-state index contributed by atoms with van der Waals surface area (Å²) < 4.78 is 39.8. The van der Waals surface area contributed by atoms with Crippen LogP contribution in [0, 0.1) is 24.4 Å². The molecule has 1 amide bonds. The number of hydrogen-bond acceptors (Lipinski definition) is 1. The van der Waals surface area contributed by atoms with Crippen LogP contribution in [-0.2, 0) is 6.42 Å². The van der Waals surface area contributed by atoms with E-state index in [0.717, 1.165) is 34.3 Å². The van der Waals surface area contributed by atoms with Gasteiger partial charge in [0.2, 0.25) is 0 Å². The van der Waals surface area contributed by atoms with Crippen LogP contribution in [0.5, 0.6) is 0 Å². The molecular weight excluding hydrogens is 353 g/mol. The predicted molar refractivity (Wildman–Crippen MR) is 90.4 cm³/mol. The van der Waals surface area contributed by atoms with Gasteiger partial charge in [0.25, 0.3) is 5.91 Å². The number of halogens is 4. The average Bonchev–Trinajstić information content (AvgIpc) is 2.88. The van der Waals surface area contributed by atoms with E-state index in [-0.39, 0.29) is 6.54 Å². The molecule has 0 unspecified atom stereocenters. The summed E-state index contributed by atoms with van der Waals surface area (Å²) in [5.74, 6) is -5.28. The zero-order valence-electron chi connectivity index (χ0n) is 13.2. The third-order valence-corrected chi connectivity index (χ3v) is 4.26. The fraction of sp³-hybridized carbons (Fsp3) is 0.167. The van der Waals surface area contributed by atoms with Crippen LogP contribution in [-0.4, -0.2) is 17.4 Å². The first-order valence-corrected chi connectivity index (χ1v) is 7.94. The number of H-pyrrole nitrogens is 1. The Bertz CT molecular complexity index is 969. The standard InChI is InChI=1S/C18H14ClF3N2O/c1-9-11(13-8-10(19)2-5-15(13)24-9)6-7-23-18(25)12-3-4-14(20)17(22)16(12)21/h2-5,8,24H,6-7H2,1H3,(H,23,25). The van der Waals surface area contributed by atoms with Crippen molar-refractivity contribution in [1.82, 2.24) is 10.3 Å². The molecule has 7 heteroatoms. The minimum Gasteiger partial charge on any atom is -0.358 e. The molecule has 2 N–H and O–H groups in total. The van der Waals surface area contributed by atoms with Crippen LogP contribution in [0.15, 0.2) is 30.3 Å². The van der Waals surface area contributed by atoms with Crippen molar-refractivity contribution in [2.24, 2.45) is 0 Å². The molecule has 0 radical (unpaired) electrons. The first kappa shape index (κ1) is 17.4. The van der Waals surface area contributed by atoms with E-state index in [9.17, 15) is 18.0 Å². The molecular formula is C18H14ClF3N2O. The summed E-state index contributed by atoms with van der Waals surface area (Å²) in [6.45, 7) is 2.11. The minimum atomic E-state index is -1.66. The Balaban J connectivity index is 1.73. The first-order valence-electron chi connectivity index (χ1n) is 7.57. The molecule has 0 spiro atoms. The zero-order valence-corrected chi connectivity index (χ0v) is 14.0. The fourth-order valence-electron chi connectivity index (χ4n) is 2.77. The van der Waals surface area contributed by atoms with E-state index >= 15 is 0 Å². The molecule has 0 bridgehead atoms. The number of benzene rings is 2. The largest absolute Gasteiger partial charge is 0.358 e. The smallest absolute Gasteiger partial charge is 0.254 e. The second-order valence-corrected chi connectivity index (χ2v) is 6.08. The van der Waals surface area contributed by atoms with Crippen molar-refractivity contribution in [2.45, 2.75) is 13.3 Å². The lowest BCUT2D eigenvalue weighted by Gasteiger charge is -2.07.